The Morgan fingerprint density at radius 3 is 2.64 bits per heavy atom. The Bertz CT molecular complexity index is 1000. The fourth-order valence-electron chi connectivity index (χ4n) is 3.06. The minimum absolute atomic E-state index is 0.00132. The predicted octanol–water partition coefficient (Wildman–Crippen LogP) is 3.28. The van der Waals surface area contributed by atoms with Gasteiger partial charge in [-0.1, -0.05) is 23.7 Å². The van der Waals surface area contributed by atoms with Gasteiger partial charge in [0, 0.05) is 18.7 Å². The van der Waals surface area contributed by atoms with Crippen molar-refractivity contribution in [3.63, 3.8) is 0 Å². The standard InChI is InChI=1S/C18H15ClF3N3O3/c1-10-6-15(26)23-13-4-2-3-5-14(13)25(10)16(27)9-24-8-11(18(20,21)22)7-12(19)17(24)28/h2-5,7-8,10H,6,9H2,1H3,(H,23,26)/t10-/m0/s1. The predicted molar refractivity (Wildman–Crippen MR) is 97.4 cm³/mol. The van der Waals surface area contributed by atoms with Gasteiger partial charge in [0.2, 0.25) is 11.8 Å². The van der Waals surface area contributed by atoms with E-state index in [-0.39, 0.29) is 12.3 Å². The second-order valence-electron chi connectivity index (χ2n) is 6.39. The third-order valence-corrected chi connectivity index (χ3v) is 4.57. The average Bonchev–Trinajstić information content (AvgIpc) is 2.71. The van der Waals surface area contributed by atoms with Crippen molar-refractivity contribution in [2.75, 3.05) is 10.2 Å². The zero-order valence-electron chi connectivity index (χ0n) is 14.6. The SMILES string of the molecule is C[C@H]1CC(=O)Nc2ccccc2N1C(=O)Cn1cc(C(F)(F)F)cc(Cl)c1=O. The Kier molecular flexibility index (Phi) is 5.20. The Hall–Kier alpha value is -2.81. The van der Waals surface area contributed by atoms with Crippen LogP contribution in [0.1, 0.15) is 18.9 Å². The highest BCUT2D eigenvalue weighted by Gasteiger charge is 2.33. The van der Waals surface area contributed by atoms with Crippen molar-refractivity contribution in [2.45, 2.75) is 32.1 Å². The third-order valence-electron chi connectivity index (χ3n) is 4.30. The van der Waals surface area contributed by atoms with E-state index in [4.69, 9.17) is 11.6 Å². The number of fused-ring (bicyclic) bond motifs is 1. The van der Waals surface area contributed by atoms with E-state index in [0.717, 1.165) is 0 Å². The van der Waals surface area contributed by atoms with Gasteiger partial charge in [0.25, 0.3) is 5.56 Å². The zero-order valence-corrected chi connectivity index (χ0v) is 15.3. The van der Waals surface area contributed by atoms with E-state index >= 15 is 0 Å². The van der Waals surface area contributed by atoms with E-state index < -0.39 is 40.8 Å². The fraction of sp³-hybridized carbons (Fsp3) is 0.278. The number of carbonyl (C=O) groups is 2. The molecule has 0 saturated heterocycles. The first kappa shape index (κ1) is 19.9. The van der Waals surface area contributed by atoms with Crippen molar-refractivity contribution in [2.24, 2.45) is 0 Å². The first-order valence-electron chi connectivity index (χ1n) is 8.26. The fourth-order valence-corrected chi connectivity index (χ4v) is 3.29. The molecular weight excluding hydrogens is 399 g/mol. The second kappa shape index (κ2) is 7.31. The molecule has 1 atom stereocenters. The lowest BCUT2D eigenvalue weighted by Crippen LogP contribution is -2.42. The molecule has 0 fully saturated rings. The Morgan fingerprint density at radius 1 is 1.29 bits per heavy atom. The molecule has 0 bridgehead atoms. The molecule has 28 heavy (non-hydrogen) atoms. The number of alkyl halides is 3. The van der Waals surface area contributed by atoms with Crippen LogP contribution < -0.4 is 15.8 Å². The quantitative estimate of drug-likeness (QED) is 0.821. The van der Waals surface area contributed by atoms with E-state index in [1.807, 2.05) is 0 Å². The average molecular weight is 414 g/mol. The lowest BCUT2D eigenvalue weighted by atomic mass is 10.1. The van der Waals surface area contributed by atoms with Crippen LogP contribution in [0.25, 0.3) is 0 Å². The summed E-state index contributed by atoms with van der Waals surface area (Å²) in [5.41, 5.74) is -1.24. The molecule has 2 amide bonds. The van der Waals surface area contributed by atoms with Gasteiger partial charge >= 0.3 is 6.18 Å². The molecule has 3 rings (SSSR count). The molecule has 1 aliphatic heterocycles. The van der Waals surface area contributed by atoms with Gasteiger partial charge in [0.05, 0.1) is 16.9 Å². The first-order valence-corrected chi connectivity index (χ1v) is 8.64. The summed E-state index contributed by atoms with van der Waals surface area (Å²) in [6, 6.07) is 6.52. The highest BCUT2D eigenvalue weighted by molar-refractivity contribution is 6.30. The molecule has 0 unspecified atom stereocenters. The number of rotatable bonds is 2. The van der Waals surface area contributed by atoms with Gasteiger partial charge in [-0.25, -0.2) is 0 Å². The number of nitrogens with zero attached hydrogens (tertiary/aromatic N) is 2. The van der Waals surface area contributed by atoms with E-state index in [9.17, 15) is 27.6 Å². The monoisotopic (exact) mass is 413 g/mol. The number of hydrogen-bond acceptors (Lipinski definition) is 3. The van der Waals surface area contributed by atoms with Crippen LogP contribution in [-0.4, -0.2) is 22.4 Å². The Morgan fingerprint density at radius 2 is 1.96 bits per heavy atom. The summed E-state index contributed by atoms with van der Waals surface area (Å²) in [6.07, 6.45) is -4.16. The van der Waals surface area contributed by atoms with Gasteiger partial charge in [0.15, 0.2) is 0 Å². The third kappa shape index (κ3) is 3.89. The molecule has 2 aromatic rings. The number of hydrogen-bond donors (Lipinski definition) is 1. The van der Waals surface area contributed by atoms with Crippen molar-refractivity contribution >= 4 is 34.8 Å². The Balaban J connectivity index is 2.00. The summed E-state index contributed by atoms with van der Waals surface area (Å²) in [7, 11) is 0. The summed E-state index contributed by atoms with van der Waals surface area (Å²) in [5, 5.41) is 2.04. The molecule has 1 aliphatic rings. The van der Waals surface area contributed by atoms with E-state index in [1.54, 1.807) is 31.2 Å². The number of benzene rings is 1. The summed E-state index contributed by atoms with van der Waals surface area (Å²) >= 11 is 5.64. The molecule has 0 saturated carbocycles. The van der Waals surface area contributed by atoms with E-state index in [0.29, 0.717) is 28.2 Å². The van der Waals surface area contributed by atoms with Crippen LogP contribution in [-0.2, 0) is 22.3 Å². The topological polar surface area (TPSA) is 71.4 Å². The number of carbonyl (C=O) groups excluding carboxylic acids is 2. The molecule has 1 N–H and O–H groups in total. The number of halogens is 4. The molecule has 0 spiro atoms. The smallest absolute Gasteiger partial charge is 0.324 e. The lowest BCUT2D eigenvalue weighted by molar-refractivity contribution is -0.138. The van der Waals surface area contributed by atoms with Gasteiger partial charge in [-0.3, -0.25) is 14.4 Å². The number of para-hydroxylation sites is 2. The van der Waals surface area contributed by atoms with Gasteiger partial charge in [-0.15, -0.1) is 0 Å². The maximum atomic E-state index is 13.0. The zero-order chi connectivity index (χ0) is 20.6. The largest absolute Gasteiger partial charge is 0.417 e. The summed E-state index contributed by atoms with van der Waals surface area (Å²) in [4.78, 5) is 38.4. The molecule has 1 aromatic carbocycles. The highest BCUT2D eigenvalue weighted by atomic mass is 35.5. The molecule has 0 radical (unpaired) electrons. The van der Waals surface area contributed by atoms with Gasteiger partial charge < -0.3 is 14.8 Å². The molecule has 2 heterocycles. The van der Waals surface area contributed by atoms with Crippen molar-refractivity contribution in [1.82, 2.24) is 4.57 Å². The number of anilines is 2. The molecular formula is C18H15ClF3N3O3. The van der Waals surface area contributed by atoms with Crippen molar-refractivity contribution < 1.29 is 22.8 Å². The van der Waals surface area contributed by atoms with Crippen LogP contribution in [0.4, 0.5) is 24.5 Å². The first-order chi connectivity index (χ1) is 13.1. The van der Waals surface area contributed by atoms with E-state index in [2.05, 4.69) is 5.32 Å². The van der Waals surface area contributed by atoms with Gasteiger partial charge in [0.1, 0.15) is 11.6 Å². The normalized spacial score (nSPS) is 17.0. The van der Waals surface area contributed by atoms with Gasteiger partial charge in [-0.05, 0) is 25.1 Å². The van der Waals surface area contributed by atoms with Crippen LogP contribution in [0.5, 0.6) is 0 Å². The van der Waals surface area contributed by atoms with Crippen LogP contribution in [0.3, 0.4) is 0 Å². The Labute approximate surface area is 162 Å². The van der Waals surface area contributed by atoms with Crippen molar-refractivity contribution in [3.05, 3.63) is 57.5 Å². The maximum absolute atomic E-state index is 13.0. The minimum atomic E-state index is -4.72. The minimum Gasteiger partial charge on any atom is -0.324 e. The second-order valence-corrected chi connectivity index (χ2v) is 6.80. The van der Waals surface area contributed by atoms with Crippen LogP contribution >= 0.6 is 11.6 Å². The number of amides is 2. The number of pyridine rings is 1. The number of aromatic nitrogens is 1. The highest BCUT2D eigenvalue weighted by Crippen LogP contribution is 2.32. The molecule has 10 heteroatoms. The summed E-state index contributed by atoms with van der Waals surface area (Å²) in [6.45, 7) is 0.983. The molecule has 6 nitrogen and oxygen atoms in total. The van der Waals surface area contributed by atoms with Crippen LogP contribution in [0.2, 0.25) is 5.02 Å². The van der Waals surface area contributed by atoms with Gasteiger partial charge in [-0.2, -0.15) is 13.2 Å². The van der Waals surface area contributed by atoms with Crippen molar-refractivity contribution in [3.8, 4) is 0 Å². The number of nitrogens with one attached hydrogen (secondary N) is 1. The van der Waals surface area contributed by atoms with Crippen LogP contribution in [0, 0.1) is 0 Å². The van der Waals surface area contributed by atoms with Crippen molar-refractivity contribution in [1.29, 1.82) is 0 Å². The molecule has 148 valence electrons. The maximum Gasteiger partial charge on any atom is 0.417 e. The summed E-state index contributed by atoms with van der Waals surface area (Å²) in [5.74, 6) is -0.941. The van der Waals surface area contributed by atoms with E-state index in [1.165, 1.54) is 4.90 Å². The summed E-state index contributed by atoms with van der Waals surface area (Å²) < 4.78 is 39.7. The molecule has 0 aliphatic carbocycles. The lowest BCUT2D eigenvalue weighted by Gasteiger charge is -2.28. The molecule has 1 aromatic heterocycles. The van der Waals surface area contributed by atoms with Crippen LogP contribution in [0.15, 0.2) is 41.3 Å².